The molecule has 1 N–H and O–H groups in total. The molecule has 0 unspecified atom stereocenters. The molecule has 0 atom stereocenters. The van der Waals surface area contributed by atoms with Gasteiger partial charge >= 0.3 is 0 Å². The molecule has 1 rings (SSSR count). The number of rotatable bonds is 4. The maximum atomic E-state index is 9.41. The number of methoxy groups -OCH3 is 1. The molecule has 0 aliphatic rings. The number of aromatic nitrogens is 2. The fraction of sp³-hybridized carbons (Fsp3) is 0.500. The molecule has 0 aliphatic carbocycles. The van der Waals surface area contributed by atoms with Crippen LogP contribution in [0.3, 0.4) is 0 Å². The van der Waals surface area contributed by atoms with Crippen molar-refractivity contribution in [1.82, 2.24) is 9.97 Å². The summed E-state index contributed by atoms with van der Waals surface area (Å²) in [4.78, 5) is 7.57. The van der Waals surface area contributed by atoms with E-state index in [0.29, 0.717) is 18.9 Å². The number of hydrogen-bond donors (Lipinski definition) is 1. The van der Waals surface area contributed by atoms with E-state index in [1.54, 1.807) is 14.0 Å². The minimum absolute atomic E-state index is 0.0152. The van der Waals surface area contributed by atoms with Crippen molar-refractivity contribution in [2.45, 2.75) is 6.92 Å². The van der Waals surface area contributed by atoms with Gasteiger partial charge in [0.2, 0.25) is 0 Å². The van der Waals surface area contributed by atoms with E-state index in [1.165, 1.54) is 6.33 Å². The molecule has 13 heavy (non-hydrogen) atoms. The molecule has 0 spiro atoms. The lowest BCUT2D eigenvalue weighted by molar-refractivity contribution is 0.141. The smallest absolute Gasteiger partial charge is 0.260 e. The lowest BCUT2D eigenvalue weighted by Gasteiger charge is -2.06. The van der Waals surface area contributed by atoms with Gasteiger partial charge in [0.05, 0.1) is 12.3 Å². The zero-order chi connectivity index (χ0) is 9.68. The van der Waals surface area contributed by atoms with Crippen molar-refractivity contribution in [3.63, 3.8) is 0 Å². The van der Waals surface area contributed by atoms with Crippen LogP contribution < -0.4 is 4.74 Å². The van der Waals surface area contributed by atoms with E-state index < -0.39 is 0 Å². The van der Waals surface area contributed by atoms with Gasteiger partial charge in [-0.2, -0.15) is 4.98 Å². The van der Waals surface area contributed by atoms with Gasteiger partial charge in [0.1, 0.15) is 12.9 Å². The van der Waals surface area contributed by atoms with E-state index in [1.807, 2.05) is 0 Å². The van der Waals surface area contributed by atoms with Crippen molar-refractivity contribution in [1.29, 1.82) is 0 Å². The summed E-state index contributed by atoms with van der Waals surface area (Å²) in [5.41, 5.74) is 0.502. The van der Waals surface area contributed by atoms with Gasteiger partial charge in [-0.25, -0.2) is 4.98 Å². The van der Waals surface area contributed by atoms with Crippen LogP contribution in [0, 0.1) is 6.92 Å². The average molecular weight is 184 g/mol. The van der Waals surface area contributed by atoms with Gasteiger partial charge in [-0.1, -0.05) is 0 Å². The summed E-state index contributed by atoms with van der Waals surface area (Å²) in [6, 6.07) is 0. The minimum Gasteiger partial charge on any atom is -0.502 e. The summed E-state index contributed by atoms with van der Waals surface area (Å²) in [5.74, 6) is 0.183. The summed E-state index contributed by atoms with van der Waals surface area (Å²) in [5, 5.41) is 9.41. The zero-order valence-corrected chi connectivity index (χ0v) is 7.65. The Kier molecular flexibility index (Phi) is 3.45. The largest absolute Gasteiger partial charge is 0.502 e. The Morgan fingerprint density at radius 3 is 2.85 bits per heavy atom. The molecule has 0 aromatic carbocycles. The Hall–Kier alpha value is -1.36. The molecule has 5 heteroatoms. The van der Waals surface area contributed by atoms with Crippen LogP contribution in [0.5, 0.6) is 11.6 Å². The summed E-state index contributed by atoms with van der Waals surface area (Å²) in [6.45, 7) is 2.50. The third kappa shape index (κ3) is 2.55. The van der Waals surface area contributed by atoms with Gasteiger partial charge in [0.25, 0.3) is 5.88 Å². The van der Waals surface area contributed by atoms with Crippen LogP contribution in [-0.4, -0.2) is 35.4 Å². The molecule has 0 bridgehead atoms. The lowest BCUT2D eigenvalue weighted by Crippen LogP contribution is -2.06. The second-order valence-electron chi connectivity index (χ2n) is 2.45. The van der Waals surface area contributed by atoms with Gasteiger partial charge < -0.3 is 14.6 Å². The van der Waals surface area contributed by atoms with E-state index in [-0.39, 0.29) is 11.6 Å². The zero-order valence-electron chi connectivity index (χ0n) is 7.65. The second kappa shape index (κ2) is 4.61. The first-order valence-corrected chi connectivity index (χ1v) is 3.88. The van der Waals surface area contributed by atoms with Gasteiger partial charge in [0, 0.05) is 7.11 Å². The van der Waals surface area contributed by atoms with Crippen LogP contribution in [0.4, 0.5) is 0 Å². The molecule has 1 aromatic rings. The van der Waals surface area contributed by atoms with Gasteiger partial charge in [-0.3, -0.25) is 0 Å². The highest BCUT2D eigenvalue weighted by atomic mass is 16.5. The van der Waals surface area contributed by atoms with Crippen LogP contribution in [0.25, 0.3) is 0 Å². The number of aryl methyl sites for hydroxylation is 1. The molecule has 1 heterocycles. The first kappa shape index (κ1) is 9.73. The Morgan fingerprint density at radius 1 is 1.38 bits per heavy atom. The highest BCUT2D eigenvalue weighted by Crippen LogP contribution is 2.23. The SMILES string of the molecule is COCCOc1ncnc(C)c1O. The quantitative estimate of drug-likeness (QED) is 0.691. The Bertz CT molecular complexity index is 278. The Balaban J connectivity index is 2.61. The number of ether oxygens (including phenoxy) is 2. The maximum absolute atomic E-state index is 9.41. The van der Waals surface area contributed by atoms with Gasteiger partial charge in [-0.05, 0) is 6.92 Å². The highest BCUT2D eigenvalue weighted by Gasteiger charge is 2.06. The van der Waals surface area contributed by atoms with E-state index in [0.717, 1.165) is 0 Å². The molecule has 0 saturated heterocycles. The van der Waals surface area contributed by atoms with E-state index >= 15 is 0 Å². The molecule has 0 aliphatic heterocycles. The molecule has 0 fully saturated rings. The Morgan fingerprint density at radius 2 is 2.15 bits per heavy atom. The molecule has 0 radical (unpaired) electrons. The van der Waals surface area contributed by atoms with E-state index in [2.05, 4.69) is 9.97 Å². The van der Waals surface area contributed by atoms with Gasteiger partial charge in [-0.15, -0.1) is 0 Å². The average Bonchev–Trinajstić information content (AvgIpc) is 2.13. The van der Waals surface area contributed by atoms with Crippen molar-refractivity contribution in [2.24, 2.45) is 0 Å². The summed E-state index contributed by atoms with van der Waals surface area (Å²) in [7, 11) is 1.58. The Labute approximate surface area is 76.4 Å². The molecule has 1 aromatic heterocycles. The number of aromatic hydroxyl groups is 1. The molecule has 0 saturated carbocycles. The van der Waals surface area contributed by atoms with Crippen LogP contribution in [0.15, 0.2) is 6.33 Å². The first-order chi connectivity index (χ1) is 6.25. The second-order valence-corrected chi connectivity index (χ2v) is 2.45. The lowest BCUT2D eigenvalue weighted by atomic mass is 10.4. The fourth-order valence-corrected chi connectivity index (χ4v) is 0.772. The standard InChI is InChI=1S/C8H12N2O3/c1-6-7(11)8(10-5-9-6)13-4-3-12-2/h5,11H,3-4H2,1-2H3. The first-order valence-electron chi connectivity index (χ1n) is 3.88. The third-order valence-corrected chi connectivity index (χ3v) is 1.50. The van der Waals surface area contributed by atoms with Crippen molar-refractivity contribution in [2.75, 3.05) is 20.3 Å². The summed E-state index contributed by atoms with van der Waals surface area (Å²) < 4.78 is 9.92. The predicted octanol–water partition coefficient (Wildman–Crippen LogP) is 0.516. The van der Waals surface area contributed by atoms with E-state index in [9.17, 15) is 5.11 Å². The van der Waals surface area contributed by atoms with Crippen molar-refractivity contribution in [3.05, 3.63) is 12.0 Å². The summed E-state index contributed by atoms with van der Waals surface area (Å²) >= 11 is 0. The third-order valence-electron chi connectivity index (χ3n) is 1.50. The molecule has 5 nitrogen and oxygen atoms in total. The van der Waals surface area contributed by atoms with Crippen LogP contribution in [-0.2, 0) is 4.74 Å². The summed E-state index contributed by atoms with van der Waals surface area (Å²) in [6.07, 6.45) is 1.34. The molecular formula is C8H12N2O3. The monoisotopic (exact) mass is 184 g/mol. The number of hydrogen-bond acceptors (Lipinski definition) is 5. The normalized spacial score (nSPS) is 10.0. The van der Waals surface area contributed by atoms with Gasteiger partial charge in [0.15, 0.2) is 5.75 Å². The number of nitrogens with zero attached hydrogens (tertiary/aromatic N) is 2. The van der Waals surface area contributed by atoms with E-state index in [4.69, 9.17) is 9.47 Å². The van der Waals surface area contributed by atoms with Crippen molar-refractivity contribution < 1.29 is 14.6 Å². The highest BCUT2D eigenvalue weighted by molar-refractivity contribution is 5.34. The minimum atomic E-state index is -0.0152. The molecule has 72 valence electrons. The predicted molar refractivity (Wildman–Crippen MR) is 45.8 cm³/mol. The van der Waals surface area contributed by atoms with Crippen LogP contribution >= 0.6 is 0 Å². The molecular weight excluding hydrogens is 172 g/mol. The fourth-order valence-electron chi connectivity index (χ4n) is 0.772. The van der Waals surface area contributed by atoms with Crippen molar-refractivity contribution >= 4 is 0 Å². The molecule has 0 amide bonds. The van der Waals surface area contributed by atoms with Crippen molar-refractivity contribution in [3.8, 4) is 11.6 Å². The van der Waals surface area contributed by atoms with Crippen LogP contribution in [0.2, 0.25) is 0 Å². The van der Waals surface area contributed by atoms with Crippen LogP contribution in [0.1, 0.15) is 5.69 Å². The maximum Gasteiger partial charge on any atom is 0.260 e. The topological polar surface area (TPSA) is 64.5 Å².